The maximum absolute atomic E-state index is 12.6. The summed E-state index contributed by atoms with van der Waals surface area (Å²) in [7, 11) is 0. The number of hydrogen-bond donors (Lipinski definition) is 0. The smallest absolute Gasteiger partial charge is 0.292 e. The number of para-hydroxylation sites is 2. The summed E-state index contributed by atoms with van der Waals surface area (Å²) in [5.41, 5.74) is 1.28. The molecule has 0 unspecified atom stereocenters. The molecule has 0 spiro atoms. The number of nitro benzene ring substituents is 1. The molecule has 0 bridgehead atoms. The number of nitro groups is 1. The molecule has 4 rings (SSSR count). The van der Waals surface area contributed by atoms with Crippen LogP contribution in [0.2, 0.25) is 5.02 Å². The van der Waals surface area contributed by atoms with Crippen LogP contribution in [0.1, 0.15) is 0 Å². The Hall–Kier alpha value is -3.53. The number of piperazine rings is 1. The van der Waals surface area contributed by atoms with Crippen LogP contribution in [-0.4, -0.2) is 62.1 Å². The van der Waals surface area contributed by atoms with E-state index in [9.17, 15) is 14.9 Å². The maximum Gasteiger partial charge on any atom is 0.292 e. The van der Waals surface area contributed by atoms with E-state index in [2.05, 4.69) is 15.4 Å². The number of hydrogen-bond acceptors (Lipinski definition) is 7. The first-order chi connectivity index (χ1) is 14.5. The van der Waals surface area contributed by atoms with Crippen molar-refractivity contribution >= 4 is 28.9 Å². The Balaban J connectivity index is 1.38. The van der Waals surface area contributed by atoms with Gasteiger partial charge in [0.05, 0.1) is 9.95 Å². The second-order valence-electron chi connectivity index (χ2n) is 6.74. The molecule has 0 saturated carbocycles. The van der Waals surface area contributed by atoms with Crippen molar-refractivity contribution in [1.82, 2.24) is 25.1 Å². The van der Waals surface area contributed by atoms with E-state index in [0.717, 1.165) is 0 Å². The summed E-state index contributed by atoms with van der Waals surface area (Å²) in [6, 6.07) is 13.8. The van der Waals surface area contributed by atoms with Crippen molar-refractivity contribution in [3.8, 4) is 11.4 Å². The van der Waals surface area contributed by atoms with Crippen LogP contribution in [0.25, 0.3) is 11.4 Å². The lowest BCUT2D eigenvalue weighted by Gasteiger charge is -2.35. The van der Waals surface area contributed by atoms with Crippen molar-refractivity contribution < 1.29 is 9.72 Å². The highest BCUT2D eigenvalue weighted by Crippen LogP contribution is 2.28. The SMILES string of the molecule is O=C(Cn1nnc(-c2ccccc2Cl)n1)N1CCN(c2ccccc2[N+](=O)[O-])CC1. The zero-order valence-electron chi connectivity index (χ0n) is 15.9. The fourth-order valence-corrected chi connectivity index (χ4v) is 3.58. The van der Waals surface area contributed by atoms with Crippen LogP contribution >= 0.6 is 11.6 Å². The van der Waals surface area contributed by atoms with Crippen LogP contribution in [0.3, 0.4) is 0 Å². The molecule has 1 fully saturated rings. The predicted molar refractivity (Wildman–Crippen MR) is 110 cm³/mol. The fraction of sp³-hybridized carbons (Fsp3) is 0.263. The van der Waals surface area contributed by atoms with Crippen LogP contribution in [-0.2, 0) is 11.3 Å². The minimum absolute atomic E-state index is 0.0388. The first kappa shape index (κ1) is 19.8. The molecule has 0 N–H and O–H groups in total. The molecule has 0 radical (unpaired) electrons. The standard InChI is InChI=1S/C19H18ClN7O3/c20-15-6-2-1-5-14(15)19-21-23-26(22-19)13-18(28)25-11-9-24(10-12-25)16-7-3-4-8-17(16)27(29)30/h1-8H,9-13H2. The van der Waals surface area contributed by atoms with Gasteiger partial charge in [0.2, 0.25) is 11.7 Å². The third-order valence-electron chi connectivity index (χ3n) is 4.90. The van der Waals surface area contributed by atoms with Gasteiger partial charge in [-0.3, -0.25) is 14.9 Å². The van der Waals surface area contributed by atoms with Gasteiger partial charge in [-0.15, -0.1) is 10.2 Å². The van der Waals surface area contributed by atoms with E-state index < -0.39 is 0 Å². The number of rotatable bonds is 5. The normalized spacial score (nSPS) is 14.0. The summed E-state index contributed by atoms with van der Waals surface area (Å²) in [5, 5.41) is 23.9. The van der Waals surface area contributed by atoms with Crippen LogP contribution < -0.4 is 4.90 Å². The number of nitrogens with zero attached hydrogens (tertiary/aromatic N) is 7. The van der Waals surface area contributed by atoms with Crippen LogP contribution in [0.15, 0.2) is 48.5 Å². The van der Waals surface area contributed by atoms with Crippen LogP contribution in [0, 0.1) is 10.1 Å². The van der Waals surface area contributed by atoms with Gasteiger partial charge in [-0.2, -0.15) is 4.80 Å². The van der Waals surface area contributed by atoms with E-state index >= 15 is 0 Å². The molecule has 1 aromatic heterocycles. The van der Waals surface area contributed by atoms with Gasteiger partial charge in [0.1, 0.15) is 12.2 Å². The van der Waals surface area contributed by atoms with Crippen molar-refractivity contribution in [1.29, 1.82) is 0 Å². The summed E-state index contributed by atoms with van der Waals surface area (Å²) in [6.07, 6.45) is 0. The molecule has 3 aromatic rings. The quantitative estimate of drug-likeness (QED) is 0.453. The number of tetrazole rings is 1. The third kappa shape index (κ3) is 4.08. The van der Waals surface area contributed by atoms with Gasteiger partial charge in [0.15, 0.2) is 0 Å². The number of aromatic nitrogens is 4. The first-order valence-electron chi connectivity index (χ1n) is 9.32. The zero-order valence-corrected chi connectivity index (χ0v) is 16.6. The van der Waals surface area contributed by atoms with E-state index in [-0.39, 0.29) is 23.1 Å². The van der Waals surface area contributed by atoms with Crippen molar-refractivity contribution in [3.05, 3.63) is 63.7 Å². The molecular weight excluding hydrogens is 410 g/mol. The Labute approximate surface area is 176 Å². The Morgan fingerprint density at radius 3 is 2.50 bits per heavy atom. The second-order valence-corrected chi connectivity index (χ2v) is 7.14. The highest BCUT2D eigenvalue weighted by Gasteiger charge is 2.26. The zero-order chi connectivity index (χ0) is 21.1. The molecule has 1 aliphatic heterocycles. The Kier molecular flexibility index (Phi) is 5.57. The highest BCUT2D eigenvalue weighted by molar-refractivity contribution is 6.33. The Morgan fingerprint density at radius 1 is 1.07 bits per heavy atom. The summed E-state index contributed by atoms with van der Waals surface area (Å²) < 4.78 is 0. The Morgan fingerprint density at radius 2 is 1.77 bits per heavy atom. The van der Waals surface area contributed by atoms with E-state index in [1.165, 1.54) is 10.9 Å². The van der Waals surface area contributed by atoms with Gasteiger partial charge < -0.3 is 9.80 Å². The molecule has 2 aromatic carbocycles. The fourth-order valence-electron chi connectivity index (χ4n) is 3.36. The van der Waals surface area contributed by atoms with Gasteiger partial charge in [0, 0.05) is 37.8 Å². The average molecular weight is 428 g/mol. The minimum Gasteiger partial charge on any atom is -0.362 e. The number of anilines is 1. The second kappa shape index (κ2) is 8.46. The van der Waals surface area contributed by atoms with Crippen molar-refractivity contribution in [2.45, 2.75) is 6.54 Å². The van der Waals surface area contributed by atoms with E-state index in [1.807, 2.05) is 17.0 Å². The number of benzene rings is 2. The van der Waals surface area contributed by atoms with Crippen molar-refractivity contribution in [2.75, 3.05) is 31.1 Å². The first-order valence-corrected chi connectivity index (χ1v) is 9.69. The molecule has 154 valence electrons. The maximum atomic E-state index is 12.6. The summed E-state index contributed by atoms with van der Waals surface area (Å²) in [6.45, 7) is 1.88. The largest absolute Gasteiger partial charge is 0.362 e. The number of amides is 1. The lowest BCUT2D eigenvalue weighted by atomic mass is 10.2. The van der Waals surface area contributed by atoms with Gasteiger partial charge in [-0.25, -0.2) is 0 Å². The average Bonchev–Trinajstić information content (AvgIpc) is 3.22. The topological polar surface area (TPSA) is 110 Å². The molecule has 0 aliphatic carbocycles. The van der Waals surface area contributed by atoms with Crippen molar-refractivity contribution in [2.24, 2.45) is 0 Å². The van der Waals surface area contributed by atoms with E-state index in [1.54, 1.807) is 35.2 Å². The molecule has 2 heterocycles. The summed E-state index contributed by atoms with van der Waals surface area (Å²) in [4.78, 5) is 28.4. The molecule has 1 saturated heterocycles. The van der Waals surface area contributed by atoms with Crippen molar-refractivity contribution in [3.63, 3.8) is 0 Å². The number of carbonyl (C=O) groups excluding carboxylic acids is 1. The van der Waals surface area contributed by atoms with Crippen LogP contribution in [0.4, 0.5) is 11.4 Å². The molecule has 0 atom stereocenters. The molecule has 1 amide bonds. The lowest BCUT2D eigenvalue weighted by molar-refractivity contribution is -0.384. The Bertz CT molecular complexity index is 1080. The van der Waals surface area contributed by atoms with Gasteiger partial charge in [-0.1, -0.05) is 35.9 Å². The molecule has 11 heteroatoms. The summed E-state index contributed by atoms with van der Waals surface area (Å²) in [5.74, 6) is 0.218. The van der Waals surface area contributed by atoms with E-state index in [0.29, 0.717) is 48.3 Å². The van der Waals surface area contributed by atoms with Gasteiger partial charge >= 0.3 is 0 Å². The number of halogens is 1. The monoisotopic (exact) mass is 427 g/mol. The molecular formula is C19H18ClN7O3. The molecule has 10 nitrogen and oxygen atoms in total. The molecule has 30 heavy (non-hydrogen) atoms. The van der Waals surface area contributed by atoms with Gasteiger partial charge in [-0.05, 0) is 23.4 Å². The molecule has 1 aliphatic rings. The third-order valence-corrected chi connectivity index (χ3v) is 5.23. The number of carbonyl (C=O) groups is 1. The van der Waals surface area contributed by atoms with E-state index in [4.69, 9.17) is 11.6 Å². The highest BCUT2D eigenvalue weighted by atomic mass is 35.5. The summed E-state index contributed by atoms with van der Waals surface area (Å²) >= 11 is 6.15. The van der Waals surface area contributed by atoms with Crippen LogP contribution in [0.5, 0.6) is 0 Å². The minimum atomic E-state index is -0.389. The lowest BCUT2D eigenvalue weighted by Crippen LogP contribution is -2.49. The van der Waals surface area contributed by atoms with Gasteiger partial charge in [0.25, 0.3) is 5.69 Å². The predicted octanol–water partition coefficient (Wildman–Crippen LogP) is 2.25.